The Labute approximate surface area is 121 Å². The molecular weight excluding hydrogens is 279 g/mol. The molecule has 0 aliphatic rings. The largest absolute Gasteiger partial charge is 0.396 e. The fourth-order valence-corrected chi connectivity index (χ4v) is 1.93. The molecule has 2 aromatic carbocycles. The maximum Gasteiger partial charge on any atom is 0.253 e. The first-order valence-corrected chi connectivity index (χ1v) is 6.52. The van der Waals surface area contributed by atoms with Gasteiger partial charge in [0.25, 0.3) is 5.91 Å². The number of amides is 1. The highest BCUT2D eigenvalue weighted by Crippen LogP contribution is 2.15. The zero-order valence-corrected chi connectivity index (χ0v) is 11.5. The summed E-state index contributed by atoms with van der Waals surface area (Å²) in [4.78, 5) is 11.9. The Hall–Kier alpha value is -2.07. The molecule has 1 amide bonds. The molecule has 0 spiro atoms. The van der Waals surface area contributed by atoms with Crippen molar-refractivity contribution in [3.8, 4) is 0 Å². The van der Waals surface area contributed by atoms with Gasteiger partial charge in [0, 0.05) is 11.6 Å². The van der Waals surface area contributed by atoms with Gasteiger partial charge in [-0.05, 0) is 36.2 Å². The van der Waals surface area contributed by atoms with Gasteiger partial charge >= 0.3 is 0 Å². The first kappa shape index (κ1) is 14.3. The number of halogens is 2. The summed E-state index contributed by atoms with van der Waals surface area (Å²) in [6, 6.07) is 11.6. The number of anilines is 1. The van der Waals surface area contributed by atoms with Gasteiger partial charge in [0.15, 0.2) is 0 Å². The van der Waals surface area contributed by atoms with Crippen LogP contribution in [0.2, 0.25) is 5.02 Å². The van der Waals surface area contributed by atoms with Gasteiger partial charge in [0.05, 0.1) is 11.3 Å². The molecule has 0 radical (unpaired) electrons. The Kier molecular flexibility index (Phi) is 4.58. The van der Waals surface area contributed by atoms with Gasteiger partial charge in [0.2, 0.25) is 0 Å². The molecule has 0 bridgehead atoms. The predicted octanol–water partition coefficient (Wildman–Crippen LogP) is 3.03. The Bertz CT molecular complexity index is 614. The quantitative estimate of drug-likeness (QED) is 0.851. The lowest BCUT2D eigenvalue weighted by molar-refractivity contribution is 0.0954. The number of para-hydroxylation sites is 1. The highest BCUT2D eigenvalue weighted by atomic mass is 35.5. The minimum Gasteiger partial charge on any atom is -0.396 e. The third-order valence-corrected chi connectivity index (χ3v) is 3.16. The van der Waals surface area contributed by atoms with Crippen molar-refractivity contribution in [3.05, 3.63) is 64.4 Å². The van der Waals surface area contributed by atoms with Crippen LogP contribution in [-0.2, 0) is 6.42 Å². The van der Waals surface area contributed by atoms with Crippen LogP contribution >= 0.6 is 11.6 Å². The topological polar surface area (TPSA) is 55.1 Å². The average Bonchev–Trinajstić information content (AvgIpc) is 2.44. The van der Waals surface area contributed by atoms with Crippen LogP contribution in [0.4, 0.5) is 10.1 Å². The first-order chi connectivity index (χ1) is 9.58. The van der Waals surface area contributed by atoms with Crippen molar-refractivity contribution in [2.45, 2.75) is 6.42 Å². The van der Waals surface area contributed by atoms with E-state index in [-0.39, 0.29) is 17.2 Å². The van der Waals surface area contributed by atoms with Crippen LogP contribution < -0.4 is 11.1 Å². The zero-order chi connectivity index (χ0) is 14.5. The Morgan fingerprint density at radius 1 is 1.20 bits per heavy atom. The van der Waals surface area contributed by atoms with Crippen molar-refractivity contribution in [2.24, 2.45) is 0 Å². The average molecular weight is 293 g/mol. The van der Waals surface area contributed by atoms with Gasteiger partial charge in [-0.25, -0.2) is 4.39 Å². The van der Waals surface area contributed by atoms with E-state index in [4.69, 9.17) is 17.3 Å². The molecule has 0 atom stereocenters. The van der Waals surface area contributed by atoms with Crippen LogP contribution in [-0.4, -0.2) is 12.5 Å². The summed E-state index contributed by atoms with van der Waals surface area (Å²) >= 11 is 5.79. The lowest BCUT2D eigenvalue weighted by atomic mass is 10.1. The van der Waals surface area contributed by atoms with E-state index in [1.807, 2.05) is 12.1 Å². The van der Waals surface area contributed by atoms with Crippen molar-refractivity contribution in [2.75, 3.05) is 12.3 Å². The molecule has 3 nitrogen and oxygen atoms in total. The predicted molar refractivity (Wildman–Crippen MR) is 78.3 cm³/mol. The van der Waals surface area contributed by atoms with E-state index in [0.717, 1.165) is 5.56 Å². The maximum absolute atomic E-state index is 13.2. The van der Waals surface area contributed by atoms with Crippen LogP contribution in [0, 0.1) is 5.82 Å². The molecule has 20 heavy (non-hydrogen) atoms. The van der Waals surface area contributed by atoms with Gasteiger partial charge in [-0.15, -0.1) is 0 Å². The van der Waals surface area contributed by atoms with E-state index in [2.05, 4.69) is 5.32 Å². The number of hydrogen-bond donors (Lipinski definition) is 2. The number of carbonyl (C=O) groups is 1. The SMILES string of the molecule is Nc1c(F)cccc1C(=O)NCCc1ccc(Cl)cc1. The summed E-state index contributed by atoms with van der Waals surface area (Å²) in [6.07, 6.45) is 0.665. The highest BCUT2D eigenvalue weighted by molar-refractivity contribution is 6.30. The summed E-state index contributed by atoms with van der Waals surface area (Å²) < 4.78 is 13.2. The smallest absolute Gasteiger partial charge is 0.253 e. The van der Waals surface area contributed by atoms with Crippen molar-refractivity contribution < 1.29 is 9.18 Å². The van der Waals surface area contributed by atoms with E-state index < -0.39 is 5.82 Å². The fraction of sp³-hybridized carbons (Fsp3) is 0.133. The monoisotopic (exact) mass is 292 g/mol. The minimum absolute atomic E-state index is 0.128. The van der Waals surface area contributed by atoms with Crippen molar-refractivity contribution in [3.63, 3.8) is 0 Å². The number of hydrogen-bond acceptors (Lipinski definition) is 2. The second kappa shape index (κ2) is 6.39. The summed E-state index contributed by atoms with van der Waals surface area (Å²) in [7, 11) is 0. The van der Waals surface area contributed by atoms with Crippen molar-refractivity contribution in [1.29, 1.82) is 0 Å². The van der Waals surface area contributed by atoms with E-state index in [9.17, 15) is 9.18 Å². The molecule has 0 aliphatic heterocycles. The van der Waals surface area contributed by atoms with Crippen LogP contribution in [0.15, 0.2) is 42.5 Å². The third kappa shape index (κ3) is 3.48. The number of nitrogens with one attached hydrogen (secondary N) is 1. The van der Waals surface area contributed by atoms with Crippen LogP contribution in [0.5, 0.6) is 0 Å². The van der Waals surface area contributed by atoms with Crippen LogP contribution in [0.25, 0.3) is 0 Å². The van der Waals surface area contributed by atoms with Crippen molar-refractivity contribution in [1.82, 2.24) is 5.32 Å². The molecule has 3 N–H and O–H groups in total. The molecule has 0 saturated heterocycles. The lowest BCUT2D eigenvalue weighted by Crippen LogP contribution is -2.26. The molecule has 0 heterocycles. The van der Waals surface area contributed by atoms with Crippen molar-refractivity contribution >= 4 is 23.2 Å². The number of rotatable bonds is 4. The molecule has 0 aromatic heterocycles. The van der Waals surface area contributed by atoms with Crippen LogP contribution in [0.3, 0.4) is 0 Å². The van der Waals surface area contributed by atoms with E-state index >= 15 is 0 Å². The standard InChI is InChI=1S/C15H14ClFN2O/c16-11-6-4-10(5-7-11)8-9-19-15(20)12-2-1-3-13(17)14(12)18/h1-7H,8-9,18H2,(H,19,20). The number of benzene rings is 2. The number of nitrogen functional groups attached to an aromatic ring is 1. The third-order valence-electron chi connectivity index (χ3n) is 2.91. The first-order valence-electron chi connectivity index (χ1n) is 6.14. The number of nitrogens with two attached hydrogens (primary N) is 1. The fourth-order valence-electron chi connectivity index (χ4n) is 1.80. The summed E-state index contributed by atoms with van der Waals surface area (Å²) in [6.45, 7) is 0.441. The minimum atomic E-state index is -0.588. The van der Waals surface area contributed by atoms with Gasteiger partial charge < -0.3 is 11.1 Å². The molecule has 104 valence electrons. The molecule has 2 rings (SSSR count). The van der Waals surface area contributed by atoms with Crippen LogP contribution in [0.1, 0.15) is 15.9 Å². The van der Waals surface area contributed by atoms with E-state index in [1.54, 1.807) is 12.1 Å². The Balaban J connectivity index is 1.92. The Morgan fingerprint density at radius 2 is 1.90 bits per heavy atom. The second-order valence-electron chi connectivity index (χ2n) is 4.33. The summed E-state index contributed by atoms with van der Waals surface area (Å²) in [5.74, 6) is -0.966. The van der Waals surface area contributed by atoms with Gasteiger partial charge in [-0.1, -0.05) is 29.8 Å². The number of carbonyl (C=O) groups excluding carboxylic acids is 1. The van der Waals surface area contributed by atoms with E-state index in [0.29, 0.717) is 18.0 Å². The molecule has 0 aliphatic carbocycles. The molecule has 0 fully saturated rings. The normalized spacial score (nSPS) is 10.3. The molecule has 2 aromatic rings. The van der Waals surface area contributed by atoms with Gasteiger partial charge in [0.1, 0.15) is 5.82 Å². The zero-order valence-electron chi connectivity index (χ0n) is 10.7. The molecule has 0 unspecified atom stereocenters. The summed E-state index contributed by atoms with van der Waals surface area (Å²) in [5.41, 5.74) is 6.62. The second-order valence-corrected chi connectivity index (χ2v) is 4.77. The Morgan fingerprint density at radius 3 is 2.60 bits per heavy atom. The maximum atomic E-state index is 13.2. The summed E-state index contributed by atoms with van der Waals surface area (Å²) in [5, 5.41) is 3.38. The van der Waals surface area contributed by atoms with Gasteiger partial charge in [-0.2, -0.15) is 0 Å². The molecule has 0 saturated carbocycles. The van der Waals surface area contributed by atoms with Gasteiger partial charge in [-0.3, -0.25) is 4.79 Å². The highest BCUT2D eigenvalue weighted by Gasteiger charge is 2.11. The molecular formula is C15H14ClFN2O. The van der Waals surface area contributed by atoms with E-state index in [1.165, 1.54) is 18.2 Å². The molecule has 5 heteroatoms. The lowest BCUT2D eigenvalue weighted by Gasteiger charge is -2.08.